The van der Waals surface area contributed by atoms with E-state index in [1.807, 2.05) is 0 Å². The molecule has 3 amide bonds. The number of nitrogens with zero attached hydrogens (tertiary/aromatic N) is 2. The molecule has 1 aromatic rings. The van der Waals surface area contributed by atoms with Crippen molar-refractivity contribution in [2.24, 2.45) is 0 Å². The third-order valence-corrected chi connectivity index (χ3v) is 2.58. The van der Waals surface area contributed by atoms with Crippen LogP contribution in [0.15, 0.2) is 23.9 Å². The first-order valence-corrected chi connectivity index (χ1v) is 6.21. The Balaban J connectivity index is 2.41. The zero-order valence-corrected chi connectivity index (χ0v) is 10.9. The van der Waals surface area contributed by atoms with Gasteiger partial charge in [-0.15, -0.1) is 6.58 Å². The molecular formula is C10H14N6O2S. The van der Waals surface area contributed by atoms with Crippen molar-refractivity contribution in [2.75, 3.05) is 23.8 Å². The van der Waals surface area contributed by atoms with Crippen LogP contribution in [0.5, 0.6) is 0 Å². The second kappa shape index (κ2) is 7.21. The molecule has 1 heterocycles. The normalized spacial score (nSPS) is 9.68. The van der Waals surface area contributed by atoms with Crippen LogP contribution in [0.2, 0.25) is 0 Å². The van der Waals surface area contributed by atoms with Gasteiger partial charge in [-0.3, -0.25) is 10.1 Å². The van der Waals surface area contributed by atoms with Crippen LogP contribution in [0, 0.1) is 0 Å². The van der Waals surface area contributed by atoms with E-state index in [1.165, 1.54) is 12.1 Å². The summed E-state index contributed by atoms with van der Waals surface area (Å²) in [6, 6.07) is 0.825. The number of imide groups is 1. The Labute approximate surface area is 114 Å². The Morgan fingerprint density at radius 1 is 1.37 bits per heavy atom. The number of carbonyl (C=O) groups excluding carboxylic acids is 2. The van der Waals surface area contributed by atoms with Gasteiger partial charge in [0.2, 0.25) is 5.91 Å². The van der Waals surface area contributed by atoms with Gasteiger partial charge >= 0.3 is 6.03 Å². The van der Waals surface area contributed by atoms with Crippen LogP contribution >= 0.6 is 11.8 Å². The summed E-state index contributed by atoms with van der Waals surface area (Å²) in [5.41, 5.74) is 11.0. The Morgan fingerprint density at radius 2 is 2.00 bits per heavy atom. The molecule has 1 aromatic heterocycles. The minimum absolute atomic E-state index is 0.0234. The first kappa shape index (κ1) is 14.8. The number of nitrogens with one attached hydrogen (secondary N) is 2. The number of carbonyl (C=O) groups is 2. The van der Waals surface area contributed by atoms with Gasteiger partial charge in [-0.25, -0.2) is 14.8 Å². The quantitative estimate of drug-likeness (QED) is 0.332. The van der Waals surface area contributed by atoms with E-state index in [4.69, 9.17) is 11.5 Å². The van der Waals surface area contributed by atoms with E-state index >= 15 is 0 Å². The minimum Gasteiger partial charge on any atom is -0.383 e. The first-order chi connectivity index (χ1) is 9.01. The number of aromatic nitrogens is 2. The van der Waals surface area contributed by atoms with Crippen molar-refractivity contribution in [3.05, 3.63) is 18.7 Å². The molecule has 102 valence electrons. The molecule has 0 saturated carbocycles. The monoisotopic (exact) mass is 282 g/mol. The highest BCUT2D eigenvalue weighted by atomic mass is 32.2. The molecule has 6 N–H and O–H groups in total. The molecule has 0 aliphatic heterocycles. The zero-order chi connectivity index (χ0) is 14.3. The molecule has 0 fully saturated rings. The highest BCUT2D eigenvalue weighted by Gasteiger charge is 2.09. The van der Waals surface area contributed by atoms with E-state index < -0.39 is 11.9 Å². The highest BCUT2D eigenvalue weighted by Crippen LogP contribution is 2.15. The van der Waals surface area contributed by atoms with Crippen molar-refractivity contribution in [1.82, 2.24) is 20.6 Å². The summed E-state index contributed by atoms with van der Waals surface area (Å²) in [4.78, 5) is 30.4. The molecule has 1 rings (SSSR count). The average molecular weight is 282 g/mol. The van der Waals surface area contributed by atoms with Crippen LogP contribution < -0.4 is 22.1 Å². The van der Waals surface area contributed by atoms with E-state index in [0.717, 1.165) is 11.8 Å². The SMILES string of the molecule is C=CCNC(=O)NC(=O)CSc1nc(N)cc(N)n1. The number of nitrogen functional groups attached to an aromatic ring is 2. The first-order valence-electron chi connectivity index (χ1n) is 5.22. The number of nitrogens with two attached hydrogens (primary N) is 2. The zero-order valence-electron chi connectivity index (χ0n) is 10.0. The molecule has 0 radical (unpaired) electrons. The van der Waals surface area contributed by atoms with Gasteiger partial charge in [-0.1, -0.05) is 17.8 Å². The molecule has 8 nitrogen and oxygen atoms in total. The smallest absolute Gasteiger partial charge is 0.321 e. The molecular weight excluding hydrogens is 268 g/mol. The van der Waals surface area contributed by atoms with Gasteiger partial charge in [-0.2, -0.15) is 0 Å². The van der Waals surface area contributed by atoms with E-state index in [2.05, 4.69) is 27.2 Å². The molecule has 0 saturated heterocycles. The topological polar surface area (TPSA) is 136 Å². The van der Waals surface area contributed by atoms with Gasteiger partial charge in [0.25, 0.3) is 0 Å². The molecule has 0 unspecified atom stereocenters. The Kier molecular flexibility index (Phi) is 5.61. The highest BCUT2D eigenvalue weighted by molar-refractivity contribution is 7.99. The number of amides is 3. The molecule has 0 atom stereocenters. The lowest BCUT2D eigenvalue weighted by molar-refractivity contribution is -0.117. The predicted molar refractivity (Wildman–Crippen MR) is 73.3 cm³/mol. The summed E-state index contributed by atoms with van der Waals surface area (Å²) in [5.74, 6) is -0.0563. The molecule has 0 aliphatic carbocycles. The van der Waals surface area contributed by atoms with Crippen LogP contribution in [0.3, 0.4) is 0 Å². The van der Waals surface area contributed by atoms with Gasteiger partial charge in [0.15, 0.2) is 5.16 Å². The third kappa shape index (κ3) is 5.73. The fraction of sp³-hybridized carbons (Fsp3) is 0.200. The van der Waals surface area contributed by atoms with Crippen LogP contribution in [0.1, 0.15) is 0 Å². The second-order valence-corrected chi connectivity index (χ2v) is 4.28. The van der Waals surface area contributed by atoms with Gasteiger partial charge in [0.1, 0.15) is 11.6 Å². The van der Waals surface area contributed by atoms with Crippen molar-refractivity contribution in [3.8, 4) is 0 Å². The number of urea groups is 1. The number of hydrogen-bond acceptors (Lipinski definition) is 7. The lowest BCUT2D eigenvalue weighted by Gasteiger charge is -2.04. The summed E-state index contributed by atoms with van der Waals surface area (Å²) in [6.45, 7) is 3.71. The minimum atomic E-state index is -0.585. The third-order valence-electron chi connectivity index (χ3n) is 1.74. The van der Waals surface area contributed by atoms with E-state index in [0.29, 0.717) is 0 Å². The summed E-state index contributed by atoms with van der Waals surface area (Å²) >= 11 is 1.03. The fourth-order valence-electron chi connectivity index (χ4n) is 1.03. The van der Waals surface area contributed by atoms with E-state index in [9.17, 15) is 9.59 Å². The molecule has 0 bridgehead atoms. The number of anilines is 2. The van der Waals surface area contributed by atoms with Gasteiger partial charge in [0.05, 0.1) is 5.75 Å². The summed E-state index contributed by atoms with van der Waals surface area (Å²) in [6.07, 6.45) is 1.50. The fourth-order valence-corrected chi connectivity index (χ4v) is 1.70. The molecule has 9 heteroatoms. The summed E-state index contributed by atoms with van der Waals surface area (Å²) < 4.78 is 0. The molecule has 0 spiro atoms. The summed E-state index contributed by atoms with van der Waals surface area (Å²) in [5, 5.41) is 4.83. The summed E-state index contributed by atoms with van der Waals surface area (Å²) in [7, 11) is 0. The number of rotatable bonds is 5. The molecule has 19 heavy (non-hydrogen) atoms. The van der Waals surface area contributed by atoms with E-state index in [-0.39, 0.29) is 29.1 Å². The second-order valence-electron chi connectivity index (χ2n) is 3.34. The Morgan fingerprint density at radius 3 is 2.58 bits per heavy atom. The average Bonchev–Trinajstić information content (AvgIpc) is 2.33. The van der Waals surface area contributed by atoms with Gasteiger partial charge in [0, 0.05) is 12.6 Å². The van der Waals surface area contributed by atoms with E-state index in [1.54, 1.807) is 0 Å². The van der Waals surface area contributed by atoms with Crippen LogP contribution in [-0.4, -0.2) is 34.2 Å². The van der Waals surface area contributed by atoms with Crippen molar-refractivity contribution < 1.29 is 9.59 Å². The lowest BCUT2D eigenvalue weighted by atomic mass is 10.5. The van der Waals surface area contributed by atoms with Gasteiger partial charge in [-0.05, 0) is 0 Å². The number of thioether (sulfide) groups is 1. The maximum atomic E-state index is 11.4. The van der Waals surface area contributed by atoms with Gasteiger partial charge < -0.3 is 16.8 Å². The largest absolute Gasteiger partial charge is 0.383 e. The predicted octanol–water partition coefficient (Wildman–Crippen LogP) is -0.255. The van der Waals surface area contributed by atoms with Crippen LogP contribution in [0.25, 0.3) is 0 Å². The van der Waals surface area contributed by atoms with Crippen molar-refractivity contribution >= 4 is 35.3 Å². The van der Waals surface area contributed by atoms with Crippen molar-refractivity contribution in [3.63, 3.8) is 0 Å². The van der Waals surface area contributed by atoms with Crippen molar-refractivity contribution in [2.45, 2.75) is 5.16 Å². The molecule has 0 aliphatic rings. The lowest BCUT2D eigenvalue weighted by Crippen LogP contribution is -2.40. The number of hydrogen-bond donors (Lipinski definition) is 4. The maximum Gasteiger partial charge on any atom is 0.321 e. The van der Waals surface area contributed by atoms with Crippen LogP contribution in [0.4, 0.5) is 16.4 Å². The van der Waals surface area contributed by atoms with Crippen LogP contribution in [-0.2, 0) is 4.79 Å². The Hall–Kier alpha value is -2.29. The maximum absolute atomic E-state index is 11.4. The Bertz CT molecular complexity index is 473. The van der Waals surface area contributed by atoms with Crippen molar-refractivity contribution in [1.29, 1.82) is 0 Å². The standard InChI is InChI=1S/C10H14N6O2S/c1-2-3-13-9(18)16-8(17)5-19-10-14-6(11)4-7(12)15-10/h2,4H,1,3,5H2,(H4,11,12,14,15)(H2,13,16,17,18). The molecule has 0 aromatic carbocycles.